The molecule has 1 amide bonds. The summed E-state index contributed by atoms with van der Waals surface area (Å²) >= 11 is 0. The second kappa shape index (κ2) is 8.99. The van der Waals surface area contributed by atoms with Crippen molar-refractivity contribution in [2.45, 2.75) is 51.2 Å². The van der Waals surface area contributed by atoms with E-state index in [9.17, 15) is 4.79 Å². The highest BCUT2D eigenvalue weighted by atomic mass is 16.5. The van der Waals surface area contributed by atoms with E-state index in [1.54, 1.807) is 7.11 Å². The Morgan fingerprint density at radius 3 is 2.59 bits per heavy atom. The number of aromatic amines is 1. The molecule has 2 fully saturated rings. The number of rotatable bonds is 7. The van der Waals surface area contributed by atoms with Gasteiger partial charge in [0.05, 0.1) is 7.11 Å². The van der Waals surface area contributed by atoms with Crippen molar-refractivity contribution in [1.29, 1.82) is 0 Å². The summed E-state index contributed by atoms with van der Waals surface area (Å²) in [7, 11) is 1.73. The highest BCUT2D eigenvalue weighted by molar-refractivity contribution is 5.98. The molecule has 0 spiro atoms. The van der Waals surface area contributed by atoms with Crippen LogP contribution in [0.5, 0.6) is 5.75 Å². The van der Waals surface area contributed by atoms with E-state index < -0.39 is 0 Å². The number of benzene rings is 2. The Morgan fingerprint density at radius 1 is 1.09 bits per heavy atom. The molecule has 5 heteroatoms. The maximum absolute atomic E-state index is 13.2. The van der Waals surface area contributed by atoms with E-state index in [-0.39, 0.29) is 5.91 Å². The summed E-state index contributed by atoms with van der Waals surface area (Å²) in [4.78, 5) is 21.3. The first-order chi connectivity index (χ1) is 15.6. The van der Waals surface area contributed by atoms with E-state index in [1.165, 1.54) is 31.2 Å². The number of hydrogen-bond acceptors (Lipinski definition) is 3. The lowest BCUT2D eigenvalue weighted by atomic mass is 9.89. The Morgan fingerprint density at radius 2 is 1.88 bits per heavy atom. The number of nitrogens with zero attached hydrogens (tertiary/aromatic N) is 2. The monoisotopic (exact) mass is 431 g/mol. The molecule has 1 aromatic heterocycles. The zero-order valence-corrected chi connectivity index (χ0v) is 19.1. The molecule has 5 rings (SSSR count). The molecule has 168 valence electrons. The van der Waals surface area contributed by atoms with Crippen molar-refractivity contribution in [3.05, 3.63) is 65.9 Å². The van der Waals surface area contributed by atoms with Crippen molar-refractivity contribution >= 4 is 16.8 Å². The van der Waals surface area contributed by atoms with E-state index in [0.717, 1.165) is 36.3 Å². The Hall–Kier alpha value is -2.79. The predicted octanol–water partition coefficient (Wildman–Crippen LogP) is 5.08. The van der Waals surface area contributed by atoms with Gasteiger partial charge in [-0.1, -0.05) is 30.3 Å². The minimum Gasteiger partial charge on any atom is -0.497 e. The molecular formula is C27H33N3O2. The molecule has 0 saturated carbocycles. The van der Waals surface area contributed by atoms with E-state index >= 15 is 0 Å². The molecule has 2 aliphatic rings. The zero-order chi connectivity index (χ0) is 22.1. The summed E-state index contributed by atoms with van der Waals surface area (Å²) in [6, 6.07) is 19.8. The van der Waals surface area contributed by atoms with Crippen LogP contribution in [0.4, 0.5) is 0 Å². The molecule has 5 nitrogen and oxygen atoms in total. The summed E-state index contributed by atoms with van der Waals surface area (Å²) < 4.78 is 5.41. The predicted molar refractivity (Wildman–Crippen MR) is 128 cm³/mol. The zero-order valence-electron chi connectivity index (χ0n) is 19.1. The number of nitrogens with one attached hydrogen (secondary N) is 1. The van der Waals surface area contributed by atoms with Gasteiger partial charge in [-0.25, -0.2) is 0 Å². The molecule has 3 heterocycles. The maximum Gasteiger partial charge on any atom is 0.270 e. The third kappa shape index (κ3) is 4.14. The fourth-order valence-corrected chi connectivity index (χ4v) is 5.80. The molecule has 2 atom stereocenters. The van der Waals surface area contributed by atoms with Gasteiger partial charge in [0.1, 0.15) is 11.4 Å². The van der Waals surface area contributed by atoms with Gasteiger partial charge in [-0.3, -0.25) is 9.69 Å². The number of ether oxygens (including phenoxy) is 1. The number of methoxy groups -OCH3 is 1. The number of para-hydroxylation sites is 1. The lowest BCUT2D eigenvalue weighted by molar-refractivity contribution is 0.0588. The molecule has 1 N–H and O–H groups in total. The third-order valence-electron chi connectivity index (χ3n) is 7.39. The summed E-state index contributed by atoms with van der Waals surface area (Å²) in [5.41, 5.74) is 3.05. The van der Waals surface area contributed by atoms with E-state index in [1.807, 2.05) is 35.2 Å². The Kier molecular flexibility index (Phi) is 5.92. The van der Waals surface area contributed by atoms with Crippen molar-refractivity contribution in [3.8, 4) is 5.75 Å². The fraction of sp³-hybridized carbons (Fsp3) is 0.444. The molecule has 2 aliphatic heterocycles. The van der Waals surface area contributed by atoms with Crippen LogP contribution in [0.2, 0.25) is 0 Å². The van der Waals surface area contributed by atoms with Gasteiger partial charge in [0.2, 0.25) is 0 Å². The normalized spacial score (nSPS) is 22.9. The van der Waals surface area contributed by atoms with Crippen molar-refractivity contribution < 1.29 is 9.53 Å². The van der Waals surface area contributed by atoms with Crippen LogP contribution in [0.25, 0.3) is 10.9 Å². The highest BCUT2D eigenvalue weighted by Crippen LogP contribution is 2.40. The van der Waals surface area contributed by atoms with Crippen molar-refractivity contribution in [1.82, 2.24) is 14.8 Å². The number of piperidine rings is 1. The van der Waals surface area contributed by atoms with Crippen molar-refractivity contribution in [2.24, 2.45) is 5.92 Å². The average molecular weight is 432 g/mol. The molecule has 0 radical (unpaired) electrons. The Bertz CT molecular complexity index is 1040. The Labute approximate surface area is 190 Å². The van der Waals surface area contributed by atoms with E-state index in [0.29, 0.717) is 23.7 Å². The van der Waals surface area contributed by atoms with E-state index in [2.05, 4.69) is 41.1 Å². The van der Waals surface area contributed by atoms with Crippen LogP contribution in [-0.2, 0) is 6.54 Å². The first kappa shape index (κ1) is 21.1. The molecule has 3 aromatic rings. The summed E-state index contributed by atoms with van der Waals surface area (Å²) in [5.74, 6) is 1.62. The number of carbonyl (C=O) groups excluding carboxylic acids is 1. The summed E-state index contributed by atoms with van der Waals surface area (Å²) in [5, 5.41) is 1.09. The molecule has 2 unspecified atom stereocenters. The van der Waals surface area contributed by atoms with Gasteiger partial charge in [0, 0.05) is 42.6 Å². The van der Waals surface area contributed by atoms with Crippen LogP contribution in [0.3, 0.4) is 0 Å². The second-order valence-corrected chi connectivity index (χ2v) is 9.36. The number of H-pyrrole nitrogens is 1. The SMILES string of the molecule is CCN(CC1CC2CCC(C1)N2Cc1cccc(OC)c1)C(=O)c1cc2ccccc2[nH]1. The number of fused-ring (bicyclic) bond motifs is 3. The fourth-order valence-electron chi connectivity index (χ4n) is 5.80. The summed E-state index contributed by atoms with van der Waals surface area (Å²) in [6.07, 6.45) is 4.90. The van der Waals surface area contributed by atoms with Crippen molar-refractivity contribution in [3.63, 3.8) is 0 Å². The largest absolute Gasteiger partial charge is 0.497 e. The molecular weight excluding hydrogens is 398 g/mol. The van der Waals surface area contributed by atoms with Crippen molar-refractivity contribution in [2.75, 3.05) is 20.2 Å². The van der Waals surface area contributed by atoms with Crippen LogP contribution in [0, 0.1) is 5.92 Å². The lowest BCUT2D eigenvalue weighted by Crippen LogP contribution is -2.46. The Balaban J connectivity index is 1.24. The molecule has 32 heavy (non-hydrogen) atoms. The number of amides is 1. The quantitative estimate of drug-likeness (QED) is 0.567. The van der Waals surface area contributed by atoms with Crippen LogP contribution in [-0.4, -0.2) is 53.0 Å². The maximum atomic E-state index is 13.2. The number of hydrogen-bond donors (Lipinski definition) is 1. The van der Waals surface area contributed by atoms with Crippen LogP contribution in [0.15, 0.2) is 54.6 Å². The van der Waals surface area contributed by atoms with Gasteiger partial charge in [0.15, 0.2) is 0 Å². The summed E-state index contributed by atoms with van der Waals surface area (Å²) in [6.45, 7) is 4.68. The lowest BCUT2D eigenvalue weighted by Gasteiger charge is -2.40. The van der Waals surface area contributed by atoms with E-state index in [4.69, 9.17) is 4.74 Å². The minimum absolute atomic E-state index is 0.120. The number of carbonyl (C=O) groups is 1. The molecule has 2 bridgehead atoms. The molecule has 2 saturated heterocycles. The van der Waals surface area contributed by atoms with Gasteiger partial charge in [-0.2, -0.15) is 0 Å². The second-order valence-electron chi connectivity index (χ2n) is 9.36. The third-order valence-corrected chi connectivity index (χ3v) is 7.39. The van der Waals surface area contributed by atoms with Gasteiger partial charge in [-0.15, -0.1) is 0 Å². The first-order valence-corrected chi connectivity index (χ1v) is 11.9. The molecule has 2 aromatic carbocycles. The average Bonchev–Trinajstić information content (AvgIpc) is 3.35. The van der Waals surface area contributed by atoms with Gasteiger partial charge in [-0.05, 0) is 68.4 Å². The van der Waals surface area contributed by atoms with Crippen LogP contribution < -0.4 is 4.74 Å². The minimum atomic E-state index is 0.120. The smallest absolute Gasteiger partial charge is 0.270 e. The topological polar surface area (TPSA) is 48.6 Å². The van der Waals surface area contributed by atoms with Crippen LogP contribution in [0.1, 0.15) is 48.7 Å². The highest BCUT2D eigenvalue weighted by Gasteiger charge is 2.41. The molecule has 0 aliphatic carbocycles. The first-order valence-electron chi connectivity index (χ1n) is 11.9. The number of aromatic nitrogens is 1. The van der Waals surface area contributed by atoms with Gasteiger partial charge < -0.3 is 14.6 Å². The standard InChI is InChI=1S/C27H33N3O2/c1-3-29(27(31)26-16-21-8-4-5-10-25(21)28-26)17-20-13-22-11-12-23(14-20)30(22)18-19-7-6-9-24(15-19)32-2/h4-10,15-16,20,22-23,28H,3,11-14,17-18H2,1-2H3. The van der Waals surface area contributed by atoms with Gasteiger partial charge >= 0.3 is 0 Å². The van der Waals surface area contributed by atoms with Crippen LogP contribution >= 0.6 is 0 Å². The van der Waals surface area contributed by atoms with Gasteiger partial charge in [0.25, 0.3) is 5.91 Å².